The van der Waals surface area contributed by atoms with E-state index in [1.807, 2.05) is 31.2 Å². The number of hydrogen-bond acceptors (Lipinski definition) is 1. The minimum Gasteiger partial charge on any atom is -0.392 e. The van der Waals surface area contributed by atoms with Gasteiger partial charge in [0.1, 0.15) is 11.6 Å². The number of rotatable bonds is 4. The topological polar surface area (TPSA) is 20.2 Å². The zero-order valence-corrected chi connectivity index (χ0v) is 10.7. The summed E-state index contributed by atoms with van der Waals surface area (Å²) in [5.74, 6) is -1.22. The number of benzene rings is 2. The lowest BCUT2D eigenvalue weighted by atomic mass is 10.00. The van der Waals surface area contributed by atoms with E-state index in [0.29, 0.717) is 6.42 Å². The molecule has 0 bridgehead atoms. The van der Waals surface area contributed by atoms with Crippen molar-refractivity contribution in [1.29, 1.82) is 0 Å². The molecule has 0 saturated carbocycles. The molecule has 100 valence electrons. The van der Waals surface area contributed by atoms with E-state index in [1.165, 1.54) is 18.2 Å². The van der Waals surface area contributed by atoms with Gasteiger partial charge in [0, 0.05) is 12.0 Å². The highest BCUT2D eigenvalue weighted by Gasteiger charge is 2.14. The van der Waals surface area contributed by atoms with Crippen LogP contribution in [0.15, 0.2) is 42.5 Å². The van der Waals surface area contributed by atoms with Crippen molar-refractivity contribution in [3.05, 3.63) is 70.8 Å². The van der Waals surface area contributed by atoms with E-state index >= 15 is 0 Å². The molecule has 0 amide bonds. The first-order valence-corrected chi connectivity index (χ1v) is 6.23. The monoisotopic (exact) mass is 262 g/mol. The minimum atomic E-state index is -0.797. The largest absolute Gasteiger partial charge is 0.392 e. The fraction of sp³-hybridized carbons (Fsp3) is 0.250. The first-order valence-electron chi connectivity index (χ1n) is 6.23. The molecule has 0 aliphatic rings. The summed E-state index contributed by atoms with van der Waals surface area (Å²) >= 11 is 0. The highest BCUT2D eigenvalue weighted by atomic mass is 19.1. The fourth-order valence-corrected chi connectivity index (χ4v) is 2.03. The van der Waals surface area contributed by atoms with Gasteiger partial charge < -0.3 is 5.11 Å². The summed E-state index contributed by atoms with van der Waals surface area (Å²) in [6.07, 6.45) is -0.436. The third kappa shape index (κ3) is 3.61. The van der Waals surface area contributed by atoms with Gasteiger partial charge in [0.05, 0.1) is 6.10 Å². The summed E-state index contributed by atoms with van der Waals surface area (Å²) in [6, 6.07) is 11.5. The van der Waals surface area contributed by atoms with Crippen LogP contribution in [0.3, 0.4) is 0 Å². The second-order valence-corrected chi connectivity index (χ2v) is 4.75. The summed E-state index contributed by atoms with van der Waals surface area (Å²) in [7, 11) is 0. The smallest absolute Gasteiger partial charge is 0.129 e. The first kappa shape index (κ1) is 13.7. The Morgan fingerprint density at radius 1 is 0.947 bits per heavy atom. The Hall–Kier alpha value is -1.74. The molecule has 19 heavy (non-hydrogen) atoms. The second kappa shape index (κ2) is 5.93. The molecule has 1 unspecified atom stereocenters. The van der Waals surface area contributed by atoms with Crippen molar-refractivity contribution in [2.75, 3.05) is 0 Å². The molecule has 0 aliphatic carbocycles. The van der Waals surface area contributed by atoms with Crippen LogP contribution in [0.5, 0.6) is 0 Å². The van der Waals surface area contributed by atoms with Crippen LogP contribution >= 0.6 is 0 Å². The van der Waals surface area contributed by atoms with Crippen LogP contribution in [-0.4, -0.2) is 11.2 Å². The van der Waals surface area contributed by atoms with Gasteiger partial charge in [-0.3, -0.25) is 0 Å². The molecule has 2 aromatic rings. The summed E-state index contributed by atoms with van der Waals surface area (Å²) in [5.41, 5.74) is 2.04. The van der Waals surface area contributed by atoms with E-state index in [1.54, 1.807) is 0 Å². The number of hydrogen-bond donors (Lipinski definition) is 1. The Kier molecular flexibility index (Phi) is 4.27. The molecule has 3 heteroatoms. The Morgan fingerprint density at radius 3 is 2.11 bits per heavy atom. The van der Waals surface area contributed by atoms with Crippen LogP contribution in [0.4, 0.5) is 8.78 Å². The second-order valence-electron chi connectivity index (χ2n) is 4.75. The summed E-state index contributed by atoms with van der Waals surface area (Å²) in [4.78, 5) is 0. The third-order valence-corrected chi connectivity index (χ3v) is 3.09. The molecule has 1 N–H and O–H groups in total. The molecular formula is C16H16F2O. The van der Waals surface area contributed by atoms with Gasteiger partial charge in [-0.1, -0.05) is 35.9 Å². The van der Waals surface area contributed by atoms with Crippen molar-refractivity contribution in [1.82, 2.24) is 0 Å². The molecule has 2 aromatic carbocycles. The van der Waals surface area contributed by atoms with Crippen molar-refractivity contribution in [2.45, 2.75) is 25.9 Å². The standard InChI is InChI=1S/C16H16F2O/c1-11-5-7-12(8-6-11)9-13(19)10-14-15(17)3-2-4-16(14)18/h2-8,13,19H,9-10H2,1H3. The fourth-order valence-electron chi connectivity index (χ4n) is 2.03. The van der Waals surface area contributed by atoms with Crippen LogP contribution in [-0.2, 0) is 12.8 Å². The molecule has 0 heterocycles. The van der Waals surface area contributed by atoms with Gasteiger partial charge in [0.25, 0.3) is 0 Å². The van der Waals surface area contributed by atoms with Crippen molar-refractivity contribution in [3.8, 4) is 0 Å². The molecule has 0 fully saturated rings. The minimum absolute atomic E-state index is 0.0214. The SMILES string of the molecule is Cc1ccc(CC(O)Cc2c(F)cccc2F)cc1. The number of halogens is 2. The highest BCUT2D eigenvalue weighted by molar-refractivity contribution is 5.24. The predicted molar refractivity (Wildman–Crippen MR) is 71.0 cm³/mol. The van der Waals surface area contributed by atoms with E-state index in [-0.39, 0.29) is 12.0 Å². The Labute approximate surface area is 111 Å². The van der Waals surface area contributed by atoms with Crippen LogP contribution in [0, 0.1) is 18.6 Å². The van der Waals surface area contributed by atoms with Gasteiger partial charge in [-0.25, -0.2) is 8.78 Å². The lowest BCUT2D eigenvalue weighted by Crippen LogP contribution is -2.16. The third-order valence-electron chi connectivity index (χ3n) is 3.09. The van der Waals surface area contributed by atoms with E-state index in [4.69, 9.17) is 0 Å². The quantitative estimate of drug-likeness (QED) is 0.895. The molecule has 0 aliphatic heterocycles. The molecule has 1 atom stereocenters. The summed E-state index contributed by atoms with van der Waals surface area (Å²) in [6.45, 7) is 1.98. The molecule has 0 saturated heterocycles. The van der Waals surface area contributed by atoms with Crippen LogP contribution < -0.4 is 0 Å². The first-order chi connectivity index (χ1) is 9.06. The zero-order chi connectivity index (χ0) is 13.8. The maximum absolute atomic E-state index is 13.5. The van der Waals surface area contributed by atoms with Crippen LogP contribution in [0.2, 0.25) is 0 Å². The van der Waals surface area contributed by atoms with E-state index in [0.717, 1.165) is 11.1 Å². The van der Waals surface area contributed by atoms with Crippen molar-refractivity contribution in [2.24, 2.45) is 0 Å². The van der Waals surface area contributed by atoms with Crippen molar-refractivity contribution < 1.29 is 13.9 Å². The average Bonchev–Trinajstić information content (AvgIpc) is 2.37. The molecule has 0 radical (unpaired) electrons. The summed E-state index contributed by atoms with van der Waals surface area (Å²) in [5, 5.41) is 9.94. The molecule has 1 nitrogen and oxygen atoms in total. The maximum Gasteiger partial charge on any atom is 0.129 e. The number of aryl methyl sites for hydroxylation is 1. The van der Waals surface area contributed by atoms with Gasteiger partial charge in [0.15, 0.2) is 0 Å². The van der Waals surface area contributed by atoms with Gasteiger partial charge in [-0.15, -0.1) is 0 Å². The lowest BCUT2D eigenvalue weighted by Gasteiger charge is -2.12. The normalized spacial score (nSPS) is 12.4. The molecule has 0 spiro atoms. The van der Waals surface area contributed by atoms with E-state index in [9.17, 15) is 13.9 Å². The van der Waals surface area contributed by atoms with E-state index < -0.39 is 17.7 Å². The van der Waals surface area contributed by atoms with E-state index in [2.05, 4.69) is 0 Å². The predicted octanol–water partition coefficient (Wildman–Crippen LogP) is 3.42. The Bertz CT molecular complexity index is 529. The van der Waals surface area contributed by atoms with Crippen molar-refractivity contribution in [3.63, 3.8) is 0 Å². The van der Waals surface area contributed by atoms with Gasteiger partial charge >= 0.3 is 0 Å². The van der Waals surface area contributed by atoms with Gasteiger partial charge in [0.2, 0.25) is 0 Å². The lowest BCUT2D eigenvalue weighted by molar-refractivity contribution is 0.172. The average molecular weight is 262 g/mol. The van der Waals surface area contributed by atoms with Crippen molar-refractivity contribution >= 4 is 0 Å². The van der Waals surface area contributed by atoms with Crippen LogP contribution in [0.25, 0.3) is 0 Å². The number of aliphatic hydroxyl groups is 1. The molecule has 2 rings (SSSR count). The number of aliphatic hydroxyl groups excluding tert-OH is 1. The molecule has 0 aromatic heterocycles. The van der Waals surface area contributed by atoms with Gasteiger partial charge in [-0.05, 0) is 31.0 Å². The van der Waals surface area contributed by atoms with Gasteiger partial charge in [-0.2, -0.15) is 0 Å². The Balaban J connectivity index is 2.05. The maximum atomic E-state index is 13.5. The molecular weight excluding hydrogens is 246 g/mol. The van der Waals surface area contributed by atoms with Crippen LogP contribution in [0.1, 0.15) is 16.7 Å². The summed E-state index contributed by atoms with van der Waals surface area (Å²) < 4.78 is 26.9. The Morgan fingerprint density at radius 2 is 1.53 bits per heavy atom. The highest BCUT2D eigenvalue weighted by Crippen LogP contribution is 2.16. The zero-order valence-electron chi connectivity index (χ0n) is 10.7.